The number of carbonyl (C=O) groups excluding carboxylic acids is 2. The minimum atomic E-state index is -0.558. The van der Waals surface area contributed by atoms with Crippen molar-refractivity contribution in [3.63, 3.8) is 0 Å². The number of nitrogens with one attached hydrogen (secondary N) is 1. The first-order valence-corrected chi connectivity index (χ1v) is 9.02. The van der Waals surface area contributed by atoms with E-state index in [4.69, 9.17) is 19.6 Å². The number of rotatable bonds is 8. The highest BCUT2D eigenvalue weighted by molar-refractivity contribution is 6.02. The summed E-state index contributed by atoms with van der Waals surface area (Å²) in [7, 11) is 0. The van der Waals surface area contributed by atoms with E-state index in [2.05, 4.69) is 5.32 Å². The molecule has 3 aromatic rings. The molecular formula is C22H22N2O5. The van der Waals surface area contributed by atoms with E-state index < -0.39 is 5.91 Å². The number of primary amides is 1. The lowest BCUT2D eigenvalue weighted by atomic mass is 10.1. The van der Waals surface area contributed by atoms with E-state index >= 15 is 0 Å². The number of aryl methyl sites for hydroxylation is 2. The lowest BCUT2D eigenvalue weighted by Crippen LogP contribution is -2.20. The van der Waals surface area contributed by atoms with Crippen LogP contribution in [0.5, 0.6) is 11.5 Å². The van der Waals surface area contributed by atoms with Crippen LogP contribution in [0.3, 0.4) is 0 Å². The summed E-state index contributed by atoms with van der Waals surface area (Å²) in [5.74, 6) is 1.04. The number of ether oxygens (including phenoxy) is 2. The molecule has 0 bridgehead atoms. The van der Waals surface area contributed by atoms with Crippen LogP contribution in [0.15, 0.2) is 59.0 Å². The summed E-state index contributed by atoms with van der Waals surface area (Å²) in [5.41, 5.74) is 7.80. The number of furan rings is 1. The van der Waals surface area contributed by atoms with Crippen LogP contribution in [0, 0.1) is 13.8 Å². The predicted molar refractivity (Wildman–Crippen MR) is 108 cm³/mol. The second-order valence-electron chi connectivity index (χ2n) is 6.56. The van der Waals surface area contributed by atoms with E-state index in [1.165, 1.54) is 5.56 Å². The third-order valence-electron chi connectivity index (χ3n) is 4.08. The van der Waals surface area contributed by atoms with Crippen molar-refractivity contribution in [1.29, 1.82) is 0 Å². The van der Waals surface area contributed by atoms with Crippen molar-refractivity contribution in [3.8, 4) is 11.5 Å². The molecule has 1 aromatic heterocycles. The van der Waals surface area contributed by atoms with Gasteiger partial charge in [0.05, 0.1) is 0 Å². The van der Waals surface area contributed by atoms with E-state index in [9.17, 15) is 9.59 Å². The average Bonchev–Trinajstić information content (AvgIpc) is 3.16. The van der Waals surface area contributed by atoms with Gasteiger partial charge in [0.1, 0.15) is 23.9 Å². The first-order valence-electron chi connectivity index (χ1n) is 9.02. The fourth-order valence-electron chi connectivity index (χ4n) is 2.67. The SMILES string of the molecule is Cc1ccc(OCc2ccc(C(=O)Nc3ccc(OCC(N)=O)cc3)o2)c(C)c1. The Morgan fingerprint density at radius 3 is 2.45 bits per heavy atom. The van der Waals surface area contributed by atoms with Gasteiger partial charge in [-0.1, -0.05) is 17.7 Å². The summed E-state index contributed by atoms with van der Waals surface area (Å²) in [5, 5.41) is 2.73. The van der Waals surface area contributed by atoms with E-state index in [1.54, 1.807) is 36.4 Å². The normalized spacial score (nSPS) is 10.4. The van der Waals surface area contributed by atoms with Gasteiger partial charge in [0.25, 0.3) is 11.8 Å². The largest absolute Gasteiger partial charge is 0.485 e. The number of carbonyl (C=O) groups is 2. The molecule has 0 aliphatic carbocycles. The van der Waals surface area contributed by atoms with Gasteiger partial charge in [-0.25, -0.2) is 0 Å². The molecule has 7 heteroatoms. The Morgan fingerprint density at radius 2 is 1.76 bits per heavy atom. The Balaban J connectivity index is 1.55. The Bertz CT molecular complexity index is 1010. The molecular weight excluding hydrogens is 372 g/mol. The molecule has 0 saturated heterocycles. The van der Waals surface area contributed by atoms with E-state index in [1.807, 2.05) is 32.0 Å². The predicted octanol–water partition coefficient (Wildman–Crippen LogP) is 3.59. The van der Waals surface area contributed by atoms with Crippen molar-refractivity contribution in [1.82, 2.24) is 0 Å². The number of hydrogen-bond donors (Lipinski definition) is 2. The Labute approximate surface area is 168 Å². The zero-order chi connectivity index (χ0) is 20.8. The van der Waals surface area contributed by atoms with Gasteiger partial charge >= 0.3 is 0 Å². The molecule has 2 amide bonds. The second-order valence-corrected chi connectivity index (χ2v) is 6.56. The van der Waals surface area contributed by atoms with Crippen molar-refractivity contribution in [2.75, 3.05) is 11.9 Å². The van der Waals surface area contributed by atoms with Crippen LogP contribution in [0.25, 0.3) is 0 Å². The zero-order valence-electron chi connectivity index (χ0n) is 16.2. The molecule has 0 fully saturated rings. The Kier molecular flexibility index (Phi) is 6.19. The van der Waals surface area contributed by atoms with Gasteiger partial charge in [-0.3, -0.25) is 9.59 Å². The molecule has 0 spiro atoms. The highest BCUT2D eigenvalue weighted by Gasteiger charge is 2.12. The second kappa shape index (κ2) is 8.97. The molecule has 0 aliphatic rings. The van der Waals surface area contributed by atoms with Crippen molar-refractivity contribution in [2.24, 2.45) is 5.73 Å². The van der Waals surface area contributed by atoms with Gasteiger partial charge in [0, 0.05) is 5.69 Å². The van der Waals surface area contributed by atoms with Crippen molar-refractivity contribution in [3.05, 3.63) is 77.2 Å². The third kappa shape index (κ3) is 5.62. The maximum absolute atomic E-state index is 12.4. The van der Waals surface area contributed by atoms with Crippen LogP contribution in [0.1, 0.15) is 27.4 Å². The van der Waals surface area contributed by atoms with Gasteiger partial charge in [-0.15, -0.1) is 0 Å². The topological polar surface area (TPSA) is 104 Å². The standard InChI is InChI=1S/C22H22N2O5/c1-14-3-9-19(15(2)11-14)28-12-18-8-10-20(29-18)22(26)24-16-4-6-17(7-5-16)27-13-21(23)25/h3-11H,12-13H2,1-2H3,(H2,23,25)(H,24,26). The van der Waals surface area contributed by atoms with Crippen molar-refractivity contribution >= 4 is 17.5 Å². The highest BCUT2D eigenvalue weighted by atomic mass is 16.5. The van der Waals surface area contributed by atoms with Crippen molar-refractivity contribution < 1.29 is 23.5 Å². The van der Waals surface area contributed by atoms with Crippen LogP contribution in [0.2, 0.25) is 0 Å². The lowest BCUT2D eigenvalue weighted by molar-refractivity contribution is -0.119. The molecule has 7 nitrogen and oxygen atoms in total. The molecule has 150 valence electrons. The fourth-order valence-corrected chi connectivity index (χ4v) is 2.67. The first kappa shape index (κ1) is 20.0. The summed E-state index contributed by atoms with van der Waals surface area (Å²) in [4.78, 5) is 23.1. The maximum Gasteiger partial charge on any atom is 0.291 e. The smallest absolute Gasteiger partial charge is 0.291 e. The van der Waals surface area contributed by atoms with Crippen LogP contribution in [0.4, 0.5) is 5.69 Å². The van der Waals surface area contributed by atoms with E-state index in [0.29, 0.717) is 17.2 Å². The third-order valence-corrected chi connectivity index (χ3v) is 4.08. The van der Waals surface area contributed by atoms with Gasteiger partial charge in [-0.2, -0.15) is 0 Å². The molecule has 0 saturated carbocycles. The summed E-state index contributed by atoms with van der Waals surface area (Å²) in [6, 6.07) is 15.8. The Morgan fingerprint density at radius 1 is 1.00 bits per heavy atom. The van der Waals surface area contributed by atoms with Gasteiger partial charge < -0.3 is 24.9 Å². The van der Waals surface area contributed by atoms with Gasteiger partial charge in [0.15, 0.2) is 12.4 Å². The molecule has 0 atom stereocenters. The molecule has 0 aliphatic heterocycles. The van der Waals surface area contributed by atoms with Crippen molar-refractivity contribution in [2.45, 2.75) is 20.5 Å². The van der Waals surface area contributed by atoms with E-state index in [-0.39, 0.29) is 24.9 Å². The number of nitrogens with two attached hydrogens (primary N) is 1. The van der Waals surface area contributed by atoms with Crippen LogP contribution < -0.4 is 20.5 Å². The zero-order valence-corrected chi connectivity index (χ0v) is 16.2. The summed E-state index contributed by atoms with van der Waals surface area (Å²) in [6.07, 6.45) is 0. The average molecular weight is 394 g/mol. The molecule has 29 heavy (non-hydrogen) atoms. The maximum atomic E-state index is 12.4. The molecule has 3 N–H and O–H groups in total. The number of hydrogen-bond acceptors (Lipinski definition) is 5. The quantitative estimate of drug-likeness (QED) is 0.608. The summed E-state index contributed by atoms with van der Waals surface area (Å²) >= 11 is 0. The van der Waals surface area contributed by atoms with Crippen LogP contribution in [-0.4, -0.2) is 18.4 Å². The van der Waals surface area contributed by atoms with Gasteiger partial charge in [0.2, 0.25) is 0 Å². The molecule has 1 heterocycles. The highest BCUT2D eigenvalue weighted by Crippen LogP contribution is 2.21. The van der Waals surface area contributed by atoms with Crippen LogP contribution in [-0.2, 0) is 11.4 Å². The first-order chi connectivity index (χ1) is 13.9. The molecule has 0 radical (unpaired) electrons. The molecule has 3 rings (SSSR count). The summed E-state index contributed by atoms with van der Waals surface area (Å²) in [6.45, 7) is 4.03. The minimum absolute atomic E-state index is 0.179. The number of benzene rings is 2. The summed E-state index contributed by atoms with van der Waals surface area (Å²) < 4.78 is 16.5. The lowest BCUT2D eigenvalue weighted by Gasteiger charge is -2.08. The van der Waals surface area contributed by atoms with E-state index in [0.717, 1.165) is 11.3 Å². The molecule has 2 aromatic carbocycles. The number of anilines is 1. The minimum Gasteiger partial charge on any atom is -0.485 e. The monoisotopic (exact) mass is 394 g/mol. The Hall–Kier alpha value is -3.74. The molecule has 0 unspecified atom stereocenters. The van der Waals surface area contributed by atoms with Crippen LogP contribution >= 0.6 is 0 Å². The fraction of sp³-hybridized carbons (Fsp3) is 0.182. The number of amides is 2. The van der Waals surface area contributed by atoms with Gasteiger partial charge in [-0.05, 0) is 61.9 Å².